The van der Waals surface area contributed by atoms with Crippen molar-refractivity contribution >= 4 is 5.69 Å². The predicted octanol–water partition coefficient (Wildman–Crippen LogP) is 2.31. The Hall–Kier alpha value is -1.87. The number of aliphatic hydroxyl groups excluding tert-OH is 1. The van der Waals surface area contributed by atoms with E-state index in [1.807, 2.05) is 43.3 Å². The molecule has 88 valence electrons. The molecule has 0 amide bonds. The Kier molecular flexibility index (Phi) is 3.40. The first-order valence-electron chi connectivity index (χ1n) is 5.70. The van der Waals surface area contributed by atoms with Gasteiger partial charge in [0.2, 0.25) is 0 Å². The molecule has 1 heterocycles. The van der Waals surface area contributed by atoms with Crippen LogP contribution < -0.4 is 5.73 Å². The Morgan fingerprint density at radius 2 is 1.88 bits per heavy atom. The topological polar surface area (TPSA) is 59.1 Å². The first-order chi connectivity index (χ1) is 8.22. The summed E-state index contributed by atoms with van der Waals surface area (Å²) in [5, 5.41) is 10.3. The van der Waals surface area contributed by atoms with Gasteiger partial charge in [-0.25, -0.2) is 0 Å². The molecule has 0 radical (unpaired) electrons. The molecule has 2 aromatic rings. The lowest BCUT2D eigenvalue weighted by Gasteiger charge is -2.13. The van der Waals surface area contributed by atoms with E-state index in [1.54, 1.807) is 6.07 Å². The van der Waals surface area contributed by atoms with E-state index < -0.39 is 6.10 Å². The van der Waals surface area contributed by atoms with Crippen LogP contribution in [0.2, 0.25) is 0 Å². The summed E-state index contributed by atoms with van der Waals surface area (Å²) < 4.78 is 0. The molecule has 1 unspecified atom stereocenters. The highest BCUT2D eigenvalue weighted by Crippen LogP contribution is 2.24. The quantitative estimate of drug-likeness (QED) is 0.847. The number of nitrogen functional groups attached to an aromatic ring is 1. The third kappa shape index (κ3) is 2.45. The first kappa shape index (κ1) is 11.6. The molecule has 0 fully saturated rings. The Balaban J connectivity index is 2.40. The average Bonchev–Trinajstić information content (AvgIpc) is 2.39. The van der Waals surface area contributed by atoms with E-state index in [0.717, 1.165) is 17.7 Å². The van der Waals surface area contributed by atoms with Gasteiger partial charge in [0.15, 0.2) is 0 Å². The molecule has 3 N–H and O–H groups in total. The van der Waals surface area contributed by atoms with E-state index in [0.29, 0.717) is 11.4 Å². The maximum absolute atomic E-state index is 10.3. The van der Waals surface area contributed by atoms with Crippen molar-refractivity contribution in [3.8, 4) is 0 Å². The summed E-state index contributed by atoms with van der Waals surface area (Å²) in [5.74, 6) is 0. The van der Waals surface area contributed by atoms with Gasteiger partial charge in [-0.1, -0.05) is 37.3 Å². The van der Waals surface area contributed by atoms with Crippen molar-refractivity contribution in [1.82, 2.24) is 4.98 Å². The van der Waals surface area contributed by atoms with E-state index in [4.69, 9.17) is 5.73 Å². The molecule has 0 aliphatic rings. The summed E-state index contributed by atoms with van der Waals surface area (Å²) >= 11 is 0. The largest absolute Gasteiger partial charge is 0.397 e. The van der Waals surface area contributed by atoms with Gasteiger partial charge in [-0.3, -0.25) is 4.98 Å². The number of benzene rings is 1. The number of pyridine rings is 1. The predicted molar refractivity (Wildman–Crippen MR) is 68.5 cm³/mol. The third-order valence-corrected chi connectivity index (χ3v) is 2.75. The van der Waals surface area contributed by atoms with E-state index in [-0.39, 0.29) is 0 Å². The maximum Gasteiger partial charge on any atom is 0.123 e. The SMILES string of the molecule is CCc1ccc(N)c(C(O)c2ccccc2)n1. The summed E-state index contributed by atoms with van der Waals surface area (Å²) in [6, 6.07) is 13.1. The highest BCUT2D eigenvalue weighted by atomic mass is 16.3. The van der Waals surface area contributed by atoms with Crippen LogP contribution in [0.3, 0.4) is 0 Å². The van der Waals surface area contributed by atoms with Crippen molar-refractivity contribution in [2.45, 2.75) is 19.4 Å². The summed E-state index contributed by atoms with van der Waals surface area (Å²) in [7, 11) is 0. The number of hydrogen-bond acceptors (Lipinski definition) is 3. The van der Waals surface area contributed by atoms with Gasteiger partial charge in [-0.15, -0.1) is 0 Å². The maximum atomic E-state index is 10.3. The summed E-state index contributed by atoms with van der Waals surface area (Å²) in [6.07, 6.45) is 0.0668. The average molecular weight is 228 g/mol. The van der Waals surface area contributed by atoms with Crippen LogP contribution >= 0.6 is 0 Å². The minimum atomic E-state index is -0.761. The lowest BCUT2D eigenvalue weighted by atomic mass is 10.0. The number of nitrogens with zero attached hydrogens (tertiary/aromatic N) is 1. The lowest BCUT2D eigenvalue weighted by Crippen LogP contribution is -2.08. The van der Waals surface area contributed by atoms with E-state index in [1.165, 1.54) is 0 Å². The molecule has 3 heteroatoms. The molecule has 0 bridgehead atoms. The van der Waals surface area contributed by atoms with Gasteiger partial charge in [0.25, 0.3) is 0 Å². The van der Waals surface area contributed by atoms with Gasteiger partial charge in [-0.05, 0) is 24.1 Å². The smallest absolute Gasteiger partial charge is 0.123 e. The number of aryl methyl sites for hydroxylation is 1. The van der Waals surface area contributed by atoms with E-state index >= 15 is 0 Å². The Labute approximate surface area is 101 Å². The van der Waals surface area contributed by atoms with Crippen LogP contribution in [0.15, 0.2) is 42.5 Å². The molecule has 1 aromatic heterocycles. The molecule has 17 heavy (non-hydrogen) atoms. The standard InChI is InChI=1S/C14H16N2O/c1-2-11-8-9-12(15)13(16-11)14(17)10-6-4-3-5-7-10/h3-9,14,17H,2,15H2,1H3. The number of nitrogens with two attached hydrogens (primary N) is 1. The van der Waals surface area contributed by atoms with E-state index in [2.05, 4.69) is 4.98 Å². The van der Waals surface area contributed by atoms with Gasteiger partial charge in [0, 0.05) is 5.69 Å². The molecule has 2 rings (SSSR count). The van der Waals surface area contributed by atoms with Gasteiger partial charge in [0.1, 0.15) is 6.10 Å². The van der Waals surface area contributed by atoms with Gasteiger partial charge >= 0.3 is 0 Å². The van der Waals surface area contributed by atoms with Crippen LogP contribution in [0.25, 0.3) is 0 Å². The molecule has 0 spiro atoms. The minimum absolute atomic E-state index is 0.526. The fraction of sp³-hybridized carbons (Fsp3) is 0.214. The fourth-order valence-electron chi connectivity index (χ4n) is 1.74. The van der Waals surface area contributed by atoms with Crippen molar-refractivity contribution in [1.29, 1.82) is 0 Å². The molecular formula is C14H16N2O. The number of aromatic nitrogens is 1. The zero-order valence-corrected chi connectivity index (χ0v) is 9.80. The molecule has 0 saturated heterocycles. The Bertz CT molecular complexity index is 497. The summed E-state index contributed by atoms with van der Waals surface area (Å²) in [4.78, 5) is 4.39. The van der Waals surface area contributed by atoms with E-state index in [9.17, 15) is 5.11 Å². The molecule has 1 atom stereocenters. The van der Waals surface area contributed by atoms with Crippen LogP contribution in [0.1, 0.15) is 30.0 Å². The molecule has 0 aliphatic heterocycles. The normalized spacial score (nSPS) is 12.4. The second-order valence-corrected chi connectivity index (χ2v) is 3.94. The molecule has 3 nitrogen and oxygen atoms in total. The fourth-order valence-corrected chi connectivity index (χ4v) is 1.74. The van der Waals surface area contributed by atoms with Crippen LogP contribution in [-0.2, 0) is 6.42 Å². The second-order valence-electron chi connectivity index (χ2n) is 3.94. The van der Waals surface area contributed by atoms with Crippen molar-refractivity contribution in [3.05, 3.63) is 59.4 Å². The zero-order chi connectivity index (χ0) is 12.3. The van der Waals surface area contributed by atoms with Gasteiger partial charge in [-0.2, -0.15) is 0 Å². The van der Waals surface area contributed by atoms with Gasteiger partial charge < -0.3 is 10.8 Å². The number of rotatable bonds is 3. The van der Waals surface area contributed by atoms with Crippen molar-refractivity contribution in [2.75, 3.05) is 5.73 Å². The van der Waals surface area contributed by atoms with Crippen molar-refractivity contribution < 1.29 is 5.11 Å². The second kappa shape index (κ2) is 4.97. The minimum Gasteiger partial charge on any atom is -0.397 e. The molecule has 1 aromatic carbocycles. The van der Waals surface area contributed by atoms with Crippen LogP contribution in [0.4, 0.5) is 5.69 Å². The monoisotopic (exact) mass is 228 g/mol. The summed E-state index contributed by atoms with van der Waals surface area (Å²) in [5.41, 5.74) is 8.66. The number of aliphatic hydroxyl groups is 1. The first-order valence-corrected chi connectivity index (χ1v) is 5.70. The van der Waals surface area contributed by atoms with Crippen molar-refractivity contribution in [3.63, 3.8) is 0 Å². The Morgan fingerprint density at radius 1 is 1.18 bits per heavy atom. The Morgan fingerprint density at radius 3 is 2.53 bits per heavy atom. The third-order valence-electron chi connectivity index (χ3n) is 2.75. The molecule has 0 aliphatic carbocycles. The van der Waals surface area contributed by atoms with Gasteiger partial charge in [0.05, 0.1) is 11.4 Å². The van der Waals surface area contributed by atoms with Crippen molar-refractivity contribution in [2.24, 2.45) is 0 Å². The zero-order valence-electron chi connectivity index (χ0n) is 9.80. The number of hydrogen-bond donors (Lipinski definition) is 2. The highest BCUT2D eigenvalue weighted by molar-refractivity contribution is 5.47. The molecular weight excluding hydrogens is 212 g/mol. The molecule has 0 saturated carbocycles. The highest BCUT2D eigenvalue weighted by Gasteiger charge is 2.15. The lowest BCUT2D eigenvalue weighted by molar-refractivity contribution is 0.216. The van der Waals surface area contributed by atoms with Crippen LogP contribution in [0.5, 0.6) is 0 Å². The van der Waals surface area contributed by atoms with Crippen LogP contribution in [0, 0.1) is 0 Å². The number of anilines is 1. The summed E-state index contributed by atoms with van der Waals surface area (Å²) in [6.45, 7) is 2.03. The van der Waals surface area contributed by atoms with Crippen LogP contribution in [-0.4, -0.2) is 10.1 Å².